The first-order valence-electron chi connectivity index (χ1n) is 5.07. The summed E-state index contributed by atoms with van der Waals surface area (Å²) in [6.45, 7) is 0.161. The number of hydrogen-bond donors (Lipinski definition) is 1. The Morgan fingerprint density at radius 1 is 1.35 bits per heavy atom. The maximum absolute atomic E-state index is 9.08. The summed E-state index contributed by atoms with van der Waals surface area (Å²) in [6.07, 6.45) is 0. The van der Waals surface area contributed by atoms with Gasteiger partial charge in [0.05, 0.1) is 6.61 Å². The van der Waals surface area contributed by atoms with E-state index in [4.69, 9.17) is 21.4 Å². The Morgan fingerprint density at radius 2 is 2.06 bits per heavy atom. The van der Waals surface area contributed by atoms with Crippen LogP contribution in [0.1, 0.15) is 11.4 Å². The van der Waals surface area contributed by atoms with Crippen molar-refractivity contribution in [2.75, 3.05) is 0 Å². The second-order valence-electron chi connectivity index (χ2n) is 3.51. The van der Waals surface area contributed by atoms with Crippen LogP contribution in [0.25, 0.3) is 0 Å². The molecule has 1 N–H and O–H groups in total. The van der Waals surface area contributed by atoms with Crippen LogP contribution >= 0.6 is 11.6 Å². The van der Waals surface area contributed by atoms with Crippen molar-refractivity contribution in [3.05, 3.63) is 40.7 Å². The number of nitrogens with zero attached hydrogens (tertiary/aromatic N) is 3. The molecule has 0 bridgehead atoms. The number of ether oxygens (including phenoxy) is 1. The standard InChI is InChI=1S/C11H12ClN3O2/c1-15-11(10(6-16)13-14-15)7-17-9-4-2-8(12)3-5-9/h2-5,16H,6-7H2,1H3. The largest absolute Gasteiger partial charge is 0.487 e. The van der Waals surface area contributed by atoms with Gasteiger partial charge in [-0.2, -0.15) is 0 Å². The van der Waals surface area contributed by atoms with Crippen molar-refractivity contribution in [2.24, 2.45) is 7.05 Å². The summed E-state index contributed by atoms with van der Waals surface area (Å²) < 4.78 is 7.14. The summed E-state index contributed by atoms with van der Waals surface area (Å²) in [7, 11) is 1.76. The van der Waals surface area contributed by atoms with Crippen molar-refractivity contribution in [3.63, 3.8) is 0 Å². The van der Waals surface area contributed by atoms with Gasteiger partial charge < -0.3 is 9.84 Å². The molecule has 6 heteroatoms. The van der Waals surface area contributed by atoms with Gasteiger partial charge in [0, 0.05) is 12.1 Å². The van der Waals surface area contributed by atoms with Crippen LogP contribution in [0.5, 0.6) is 5.75 Å². The summed E-state index contributed by atoms with van der Waals surface area (Å²) >= 11 is 5.77. The fourth-order valence-electron chi connectivity index (χ4n) is 1.40. The molecule has 5 nitrogen and oxygen atoms in total. The van der Waals surface area contributed by atoms with Gasteiger partial charge in [-0.15, -0.1) is 5.10 Å². The van der Waals surface area contributed by atoms with Crippen molar-refractivity contribution in [1.29, 1.82) is 0 Å². The van der Waals surface area contributed by atoms with Crippen LogP contribution in [0, 0.1) is 0 Å². The molecule has 2 rings (SSSR count). The Hall–Kier alpha value is -1.59. The summed E-state index contributed by atoms with van der Waals surface area (Å²) in [5.74, 6) is 0.708. The number of aryl methyl sites for hydroxylation is 1. The summed E-state index contributed by atoms with van der Waals surface area (Å²) in [4.78, 5) is 0. The van der Waals surface area contributed by atoms with Gasteiger partial charge in [-0.25, -0.2) is 4.68 Å². The van der Waals surface area contributed by atoms with Crippen molar-refractivity contribution in [3.8, 4) is 5.75 Å². The molecule has 0 aliphatic heterocycles. The average molecular weight is 254 g/mol. The van der Waals surface area contributed by atoms with Gasteiger partial charge in [0.1, 0.15) is 23.7 Å². The lowest BCUT2D eigenvalue weighted by atomic mass is 10.3. The number of benzene rings is 1. The van der Waals surface area contributed by atoms with Crippen molar-refractivity contribution < 1.29 is 9.84 Å². The number of aromatic nitrogens is 3. The SMILES string of the molecule is Cn1nnc(CO)c1COc1ccc(Cl)cc1. The van der Waals surface area contributed by atoms with E-state index in [1.807, 2.05) is 0 Å². The molecule has 0 aliphatic rings. The Labute approximate surface area is 104 Å². The Bertz CT molecular complexity index is 496. The van der Waals surface area contributed by atoms with Crippen molar-refractivity contribution in [1.82, 2.24) is 15.0 Å². The predicted molar refractivity (Wildman–Crippen MR) is 62.7 cm³/mol. The van der Waals surface area contributed by atoms with E-state index in [0.29, 0.717) is 23.1 Å². The van der Waals surface area contributed by atoms with E-state index in [1.54, 1.807) is 36.0 Å². The van der Waals surface area contributed by atoms with E-state index in [9.17, 15) is 0 Å². The normalized spacial score (nSPS) is 10.5. The van der Waals surface area contributed by atoms with Gasteiger partial charge in [-0.1, -0.05) is 16.8 Å². The zero-order valence-electron chi connectivity index (χ0n) is 9.30. The molecule has 0 spiro atoms. The van der Waals surface area contributed by atoms with Crippen LogP contribution in [-0.2, 0) is 20.3 Å². The first kappa shape index (κ1) is 11.9. The molecule has 0 unspecified atom stereocenters. The van der Waals surface area contributed by atoms with Crippen LogP contribution < -0.4 is 4.74 Å². The Balaban J connectivity index is 2.06. The lowest BCUT2D eigenvalue weighted by molar-refractivity contribution is 0.262. The predicted octanol–water partition coefficient (Wildman–Crippen LogP) is 1.54. The van der Waals surface area contributed by atoms with E-state index in [0.717, 1.165) is 5.69 Å². The molecule has 0 atom stereocenters. The highest BCUT2D eigenvalue weighted by Gasteiger charge is 2.10. The number of rotatable bonds is 4. The molecule has 0 radical (unpaired) electrons. The number of hydrogen-bond acceptors (Lipinski definition) is 4. The number of aliphatic hydroxyl groups is 1. The molecule has 90 valence electrons. The van der Waals surface area contributed by atoms with Gasteiger partial charge in [-0.3, -0.25) is 0 Å². The minimum absolute atomic E-state index is 0.146. The van der Waals surface area contributed by atoms with Gasteiger partial charge in [0.25, 0.3) is 0 Å². The van der Waals surface area contributed by atoms with Gasteiger partial charge >= 0.3 is 0 Å². The van der Waals surface area contributed by atoms with Gasteiger partial charge in [0.2, 0.25) is 0 Å². The topological polar surface area (TPSA) is 60.2 Å². The maximum Gasteiger partial charge on any atom is 0.132 e. The lowest BCUT2D eigenvalue weighted by Crippen LogP contribution is -2.05. The molecular formula is C11H12ClN3O2. The maximum atomic E-state index is 9.08. The zero-order valence-corrected chi connectivity index (χ0v) is 10.1. The molecule has 0 amide bonds. The van der Waals surface area contributed by atoms with E-state index in [1.165, 1.54) is 0 Å². The van der Waals surface area contributed by atoms with E-state index in [2.05, 4.69) is 10.3 Å². The number of aliphatic hydroxyl groups excluding tert-OH is 1. The molecule has 1 heterocycles. The van der Waals surface area contributed by atoms with Crippen LogP contribution in [0.15, 0.2) is 24.3 Å². The molecule has 17 heavy (non-hydrogen) atoms. The molecule has 1 aromatic heterocycles. The summed E-state index contributed by atoms with van der Waals surface area (Å²) in [5.41, 5.74) is 1.28. The minimum atomic E-state index is -0.146. The van der Waals surface area contributed by atoms with E-state index < -0.39 is 0 Å². The van der Waals surface area contributed by atoms with Crippen molar-refractivity contribution >= 4 is 11.6 Å². The van der Waals surface area contributed by atoms with Gasteiger partial charge in [-0.05, 0) is 24.3 Å². The molecule has 2 aromatic rings. The van der Waals surface area contributed by atoms with Crippen LogP contribution in [0.4, 0.5) is 0 Å². The second kappa shape index (κ2) is 5.16. The monoisotopic (exact) mass is 253 g/mol. The third kappa shape index (κ3) is 2.75. The quantitative estimate of drug-likeness (QED) is 0.898. The third-order valence-electron chi connectivity index (χ3n) is 2.36. The van der Waals surface area contributed by atoms with Crippen LogP contribution in [-0.4, -0.2) is 20.1 Å². The highest BCUT2D eigenvalue weighted by molar-refractivity contribution is 6.30. The van der Waals surface area contributed by atoms with E-state index in [-0.39, 0.29) is 6.61 Å². The van der Waals surface area contributed by atoms with Gasteiger partial charge in [0.15, 0.2) is 0 Å². The second-order valence-corrected chi connectivity index (χ2v) is 3.94. The first-order chi connectivity index (χ1) is 8.20. The fraction of sp³-hybridized carbons (Fsp3) is 0.273. The lowest BCUT2D eigenvalue weighted by Gasteiger charge is -2.07. The highest BCUT2D eigenvalue weighted by Crippen LogP contribution is 2.17. The van der Waals surface area contributed by atoms with Crippen molar-refractivity contribution in [2.45, 2.75) is 13.2 Å². The first-order valence-corrected chi connectivity index (χ1v) is 5.45. The molecule has 0 saturated carbocycles. The summed E-state index contributed by atoms with van der Waals surface area (Å²) in [6, 6.07) is 7.08. The number of halogens is 1. The minimum Gasteiger partial charge on any atom is -0.487 e. The molecular weight excluding hydrogens is 242 g/mol. The van der Waals surface area contributed by atoms with Crippen LogP contribution in [0.2, 0.25) is 5.02 Å². The third-order valence-corrected chi connectivity index (χ3v) is 2.61. The Morgan fingerprint density at radius 3 is 2.71 bits per heavy atom. The van der Waals surface area contributed by atoms with Crippen LogP contribution in [0.3, 0.4) is 0 Å². The molecule has 1 aromatic carbocycles. The average Bonchev–Trinajstić information content (AvgIpc) is 2.69. The highest BCUT2D eigenvalue weighted by atomic mass is 35.5. The fourth-order valence-corrected chi connectivity index (χ4v) is 1.53. The molecule has 0 aliphatic carbocycles. The zero-order chi connectivity index (χ0) is 12.3. The Kier molecular flexibility index (Phi) is 3.61. The summed E-state index contributed by atoms with van der Waals surface area (Å²) in [5, 5.41) is 17.4. The molecule has 0 fully saturated rings. The molecule has 0 saturated heterocycles. The smallest absolute Gasteiger partial charge is 0.132 e. The van der Waals surface area contributed by atoms with E-state index >= 15 is 0 Å².